The van der Waals surface area contributed by atoms with Crippen molar-refractivity contribution >= 4 is 17.0 Å². The lowest BCUT2D eigenvalue weighted by Crippen LogP contribution is -2.41. The summed E-state index contributed by atoms with van der Waals surface area (Å²) in [5.41, 5.74) is 2.93. The Labute approximate surface area is 162 Å². The number of nitrogens with zero attached hydrogens (tertiary/aromatic N) is 4. The quantitative estimate of drug-likeness (QED) is 0.565. The minimum atomic E-state index is -2.93. The van der Waals surface area contributed by atoms with Gasteiger partial charge in [-0.1, -0.05) is 6.07 Å². The second-order valence-corrected chi connectivity index (χ2v) is 6.81. The van der Waals surface area contributed by atoms with Gasteiger partial charge in [0, 0.05) is 18.7 Å². The molecule has 0 aliphatic carbocycles. The lowest BCUT2D eigenvalue weighted by molar-refractivity contribution is 0.0620. The maximum atomic E-state index is 13.2. The van der Waals surface area contributed by atoms with Crippen molar-refractivity contribution in [2.45, 2.75) is 25.8 Å². The van der Waals surface area contributed by atoms with Gasteiger partial charge < -0.3 is 18.7 Å². The largest absolute Gasteiger partial charge is 0.438 e. The minimum absolute atomic E-state index is 0.250. The zero-order valence-corrected chi connectivity index (χ0v) is 15.2. The molecule has 0 saturated carbocycles. The molecule has 0 fully saturated rings. The number of oxazole rings is 2. The summed E-state index contributed by atoms with van der Waals surface area (Å²) in [7, 11) is 0. The van der Waals surface area contributed by atoms with E-state index in [-0.39, 0.29) is 12.4 Å². The molecule has 0 spiro atoms. The van der Waals surface area contributed by atoms with Gasteiger partial charge in [0.15, 0.2) is 23.7 Å². The van der Waals surface area contributed by atoms with Gasteiger partial charge in [0.1, 0.15) is 5.52 Å². The third kappa shape index (κ3) is 2.79. The second-order valence-electron chi connectivity index (χ2n) is 6.81. The molecule has 1 aromatic carbocycles. The fourth-order valence-corrected chi connectivity index (χ4v) is 3.62. The molecule has 4 heterocycles. The predicted molar refractivity (Wildman–Crippen MR) is 95.4 cm³/mol. The van der Waals surface area contributed by atoms with Crippen molar-refractivity contribution in [3.05, 3.63) is 65.2 Å². The van der Waals surface area contributed by atoms with E-state index in [1.807, 2.05) is 19.1 Å². The van der Waals surface area contributed by atoms with Crippen molar-refractivity contribution in [3.63, 3.8) is 0 Å². The SMILES string of the molecule is Cc1ccc2oc([C@@H]3c4nc[nH]c4CCN3C(=O)c3ocnc3C(F)F)nc2c1. The lowest BCUT2D eigenvalue weighted by atomic mass is 10.0. The van der Waals surface area contributed by atoms with Crippen LogP contribution < -0.4 is 0 Å². The molecule has 0 bridgehead atoms. The Kier molecular flexibility index (Phi) is 3.93. The number of halogens is 2. The van der Waals surface area contributed by atoms with Gasteiger partial charge in [0.25, 0.3) is 12.3 Å². The topological polar surface area (TPSA) is 101 Å². The fraction of sp³-hybridized carbons (Fsp3) is 0.263. The number of amides is 1. The van der Waals surface area contributed by atoms with Gasteiger partial charge in [-0.3, -0.25) is 4.79 Å². The maximum Gasteiger partial charge on any atom is 0.292 e. The molecule has 29 heavy (non-hydrogen) atoms. The van der Waals surface area contributed by atoms with E-state index in [1.165, 1.54) is 11.2 Å². The highest BCUT2D eigenvalue weighted by molar-refractivity contribution is 5.93. The van der Waals surface area contributed by atoms with Crippen LogP contribution in [0.2, 0.25) is 0 Å². The van der Waals surface area contributed by atoms with Crippen molar-refractivity contribution in [2.75, 3.05) is 6.54 Å². The number of aromatic nitrogens is 4. The van der Waals surface area contributed by atoms with Gasteiger partial charge in [-0.15, -0.1) is 0 Å². The summed E-state index contributed by atoms with van der Waals surface area (Å²) in [6.07, 6.45) is -0.0771. The number of aromatic amines is 1. The van der Waals surface area contributed by atoms with E-state index in [0.717, 1.165) is 17.7 Å². The van der Waals surface area contributed by atoms with Gasteiger partial charge in [-0.25, -0.2) is 23.7 Å². The number of hydrogen-bond donors (Lipinski definition) is 1. The third-order valence-corrected chi connectivity index (χ3v) is 4.98. The fourth-order valence-electron chi connectivity index (χ4n) is 3.62. The van der Waals surface area contributed by atoms with Crippen LogP contribution in [0.4, 0.5) is 8.78 Å². The standard InChI is InChI=1S/C19H15F2N5O3/c1-9-2-3-12-11(6-9)25-18(29-12)15-13-10(22-7-23-13)4-5-26(15)19(27)16-14(17(20)21)24-8-28-16/h2-3,6-8,15,17H,4-5H2,1H3,(H,22,23)/t15-/m0/s1. The van der Waals surface area contributed by atoms with Gasteiger partial charge >= 0.3 is 0 Å². The Morgan fingerprint density at radius 1 is 1.34 bits per heavy atom. The first-order valence-electron chi connectivity index (χ1n) is 8.94. The summed E-state index contributed by atoms with van der Waals surface area (Å²) in [6.45, 7) is 2.19. The smallest absolute Gasteiger partial charge is 0.292 e. The normalized spacial score (nSPS) is 16.6. The first kappa shape index (κ1) is 17.5. The first-order valence-corrected chi connectivity index (χ1v) is 8.94. The number of imidazole rings is 1. The average Bonchev–Trinajstić information content (AvgIpc) is 3.43. The van der Waals surface area contributed by atoms with Gasteiger partial charge in [-0.2, -0.15) is 0 Å². The highest BCUT2D eigenvalue weighted by Crippen LogP contribution is 2.36. The molecule has 0 saturated heterocycles. The molecule has 0 unspecified atom stereocenters. The van der Waals surface area contributed by atoms with Crippen LogP contribution in [0, 0.1) is 6.92 Å². The van der Waals surface area contributed by atoms with Gasteiger partial charge in [0.2, 0.25) is 11.7 Å². The third-order valence-electron chi connectivity index (χ3n) is 4.98. The molecule has 1 N–H and O–H groups in total. The molecule has 1 amide bonds. The summed E-state index contributed by atoms with van der Waals surface area (Å²) >= 11 is 0. The Hall–Kier alpha value is -3.56. The van der Waals surface area contributed by atoms with Crippen LogP contribution in [0.3, 0.4) is 0 Å². The number of aryl methyl sites for hydroxylation is 1. The van der Waals surface area contributed by atoms with Gasteiger partial charge in [-0.05, 0) is 24.6 Å². The number of hydrogen-bond acceptors (Lipinski definition) is 6. The van der Waals surface area contributed by atoms with Crippen LogP contribution in [-0.4, -0.2) is 37.3 Å². The number of fused-ring (bicyclic) bond motifs is 2. The number of carbonyl (C=O) groups excluding carboxylic acids is 1. The number of rotatable bonds is 3. The molecule has 0 radical (unpaired) electrons. The monoisotopic (exact) mass is 399 g/mol. The molecule has 5 rings (SSSR count). The summed E-state index contributed by atoms with van der Waals surface area (Å²) in [5, 5.41) is 0. The zero-order chi connectivity index (χ0) is 20.1. The predicted octanol–water partition coefficient (Wildman–Crippen LogP) is 3.57. The molecule has 8 nitrogen and oxygen atoms in total. The Morgan fingerprint density at radius 3 is 3.03 bits per heavy atom. The van der Waals surface area contributed by atoms with E-state index in [0.29, 0.717) is 23.2 Å². The average molecular weight is 399 g/mol. The van der Waals surface area contributed by atoms with E-state index in [9.17, 15) is 13.6 Å². The Bertz CT molecular complexity index is 1210. The van der Waals surface area contributed by atoms with Crippen LogP contribution in [0.1, 0.15) is 51.6 Å². The van der Waals surface area contributed by atoms with Crippen molar-refractivity contribution in [1.82, 2.24) is 24.8 Å². The minimum Gasteiger partial charge on any atom is -0.438 e. The number of alkyl halides is 2. The summed E-state index contributed by atoms with van der Waals surface area (Å²) < 4.78 is 37.4. The highest BCUT2D eigenvalue weighted by atomic mass is 19.3. The molecule has 4 aromatic rings. The van der Waals surface area contributed by atoms with E-state index >= 15 is 0 Å². The highest BCUT2D eigenvalue weighted by Gasteiger charge is 2.40. The summed E-state index contributed by atoms with van der Waals surface area (Å²) in [4.78, 5) is 29.9. The maximum absolute atomic E-state index is 13.2. The number of nitrogens with one attached hydrogen (secondary N) is 1. The van der Waals surface area contributed by atoms with Crippen LogP contribution in [0.25, 0.3) is 11.1 Å². The van der Waals surface area contributed by atoms with Crippen molar-refractivity contribution in [1.29, 1.82) is 0 Å². The molecule has 1 aliphatic heterocycles. The Morgan fingerprint density at radius 2 is 2.21 bits per heavy atom. The van der Waals surface area contributed by atoms with E-state index in [2.05, 4.69) is 19.9 Å². The van der Waals surface area contributed by atoms with Crippen molar-refractivity contribution < 1.29 is 22.4 Å². The molecular formula is C19H15F2N5O3. The van der Waals surface area contributed by atoms with Crippen LogP contribution in [-0.2, 0) is 6.42 Å². The second kappa shape index (κ2) is 6.50. The van der Waals surface area contributed by atoms with E-state index in [1.54, 1.807) is 6.07 Å². The van der Waals surface area contributed by atoms with E-state index < -0.39 is 29.8 Å². The van der Waals surface area contributed by atoms with Crippen LogP contribution in [0.5, 0.6) is 0 Å². The van der Waals surface area contributed by atoms with Crippen molar-refractivity contribution in [3.8, 4) is 0 Å². The summed E-state index contributed by atoms with van der Waals surface area (Å²) in [5.74, 6) is -0.948. The van der Waals surface area contributed by atoms with Crippen molar-refractivity contribution in [2.24, 2.45) is 0 Å². The van der Waals surface area contributed by atoms with Crippen LogP contribution in [0.15, 0.2) is 39.8 Å². The molecule has 1 atom stereocenters. The molecule has 3 aromatic heterocycles. The van der Waals surface area contributed by atoms with Crippen LogP contribution >= 0.6 is 0 Å². The molecule has 10 heteroatoms. The number of carbonyl (C=O) groups is 1. The molecular weight excluding hydrogens is 384 g/mol. The summed E-state index contributed by atoms with van der Waals surface area (Å²) in [6, 6.07) is 4.78. The lowest BCUT2D eigenvalue weighted by Gasteiger charge is -2.32. The molecule has 148 valence electrons. The molecule has 1 aliphatic rings. The number of benzene rings is 1. The van der Waals surface area contributed by atoms with Gasteiger partial charge in [0.05, 0.1) is 12.0 Å². The Balaban J connectivity index is 1.62. The first-order chi connectivity index (χ1) is 14.0. The van der Waals surface area contributed by atoms with E-state index in [4.69, 9.17) is 8.83 Å². The zero-order valence-electron chi connectivity index (χ0n) is 15.2. The number of H-pyrrole nitrogens is 1.